The fraction of sp³-hybridized carbons (Fsp3) is 0.556. The first-order chi connectivity index (χ1) is 11.7. The second-order valence-electron chi connectivity index (χ2n) is 6.53. The van der Waals surface area contributed by atoms with E-state index in [1.165, 1.54) is 0 Å². The summed E-state index contributed by atoms with van der Waals surface area (Å²) >= 11 is 6.02. The molecule has 0 aliphatic carbocycles. The van der Waals surface area contributed by atoms with E-state index in [4.69, 9.17) is 16.3 Å². The molecule has 0 heterocycles. The molecule has 1 aromatic carbocycles. The van der Waals surface area contributed by atoms with Crippen molar-refractivity contribution in [3.05, 3.63) is 28.8 Å². The van der Waals surface area contributed by atoms with Crippen LogP contribution in [0.5, 0.6) is 5.75 Å². The number of halogens is 1. The summed E-state index contributed by atoms with van der Waals surface area (Å²) in [5.41, 5.74) is 0.673. The number of hydrogen-bond acceptors (Lipinski definition) is 3. The molecule has 0 radical (unpaired) electrons. The zero-order chi connectivity index (χ0) is 18.9. The zero-order valence-corrected chi connectivity index (χ0v) is 16.5. The molecule has 0 saturated carbocycles. The van der Waals surface area contributed by atoms with Crippen LogP contribution in [0.2, 0.25) is 5.02 Å². The van der Waals surface area contributed by atoms with Crippen LogP contribution in [0.15, 0.2) is 23.2 Å². The lowest BCUT2D eigenvalue weighted by molar-refractivity contribution is -0.121. The highest BCUT2D eigenvalue weighted by Crippen LogP contribution is 2.24. The van der Waals surface area contributed by atoms with Crippen LogP contribution in [0.1, 0.15) is 40.2 Å². The quantitative estimate of drug-likeness (QED) is 0.511. The summed E-state index contributed by atoms with van der Waals surface area (Å²) in [5, 5.41) is 9.69. The standard InChI is InChI=1S/C18H29ClN4O2/c1-6-20-17(22-12-16(24)23-18(3,4)5)21-11-13-8-9-14(19)10-15(13)25-7-2/h8-10H,6-7,11-12H2,1-5H3,(H,23,24)(H2,20,21,22). The van der Waals surface area contributed by atoms with Crippen molar-refractivity contribution < 1.29 is 9.53 Å². The average Bonchev–Trinajstić information content (AvgIpc) is 2.50. The number of nitrogens with zero attached hydrogens (tertiary/aromatic N) is 1. The van der Waals surface area contributed by atoms with Crippen molar-refractivity contribution in [2.45, 2.75) is 46.7 Å². The van der Waals surface area contributed by atoms with Gasteiger partial charge in [-0.05, 0) is 46.8 Å². The molecule has 3 N–H and O–H groups in total. The number of ether oxygens (including phenoxy) is 1. The number of rotatable bonds is 7. The van der Waals surface area contributed by atoms with E-state index in [2.05, 4.69) is 20.9 Å². The Hall–Kier alpha value is -1.95. The Labute approximate surface area is 155 Å². The summed E-state index contributed by atoms with van der Waals surface area (Å²) in [7, 11) is 0. The smallest absolute Gasteiger partial charge is 0.239 e. The number of hydrogen-bond donors (Lipinski definition) is 3. The minimum absolute atomic E-state index is 0.0837. The molecule has 1 rings (SSSR count). The van der Waals surface area contributed by atoms with Gasteiger partial charge in [-0.15, -0.1) is 0 Å². The summed E-state index contributed by atoms with van der Waals surface area (Å²) in [6.07, 6.45) is 0. The first-order valence-corrected chi connectivity index (χ1v) is 8.87. The molecular weight excluding hydrogens is 340 g/mol. The van der Waals surface area contributed by atoms with Crippen molar-refractivity contribution in [1.29, 1.82) is 0 Å². The van der Waals surface area contributed by atoms with Gasteiger partial charge in [0.25, 0.3) is 0 Å². The monoisotopic (exact) mass is 368 g/mol. The van der Waals surface area contributed by atoms with Gasteiger partial charge in [-0.25, -0.2) is 4.99 Å². The predicted molar refractivity (Wildman–Crippen MR) is 103 cm³/mol. The highest BCUT2D eigenvalue weighted by Gasteiger charge is 2.13. The lowest BCUT2D eigenvalue weighted by Gasteiger charge is -2.21. The van der Waals surface area contributed by atoms with E-state index in [9.17, 15) is 4.79 Å². The maximum atomic E-state index is 11.9. The summed E-state index contributed by atoms with van der Waals surface area (Å²) in [6.45, 7) is 11.6. The summed E-state index contributed by atoms with van der Waals surface area (Å²) < 4.78 is 5.60. The molecule has 0 unspecified atom stereocenters. The molecule has 0 aliphatic heterocycles. The van der Waals surface area contributed by atoms with Crippen molar-refractivity contribution >= 4 is 23.5 Å². The van der Waals surface area contributed by atoms with Crippen molar-refractivity contribution in [3.63, 3.8) is 0 Å². The normalized spacial score (nSPS) is 11.8. The maximum Gasteiger partial charge on any atom is 0.239 e. The predicted octanol–water partition coefficient (Wildman–Crippen LogP) is 2.71. The van der Waals surface area contributed by atoms with E-state index in [-0.39, 0.29) is 18.0 Å². The van der Waals surface area contributed by atoms with E-state index in [0.717, 1.165) is 11.3 Å². The van der Waals surface area contributed by atoms with Gasteiger partial charge in [0, 0.05) is 22.7 Å². The van der Waals surface area contributed by atoms with Crippen molar-refractivity contribution in [2.75, 3.05) is 19.7 Å². The van der Waals surface area contributed by atoms with E-state index in [0.29, 0.717) is 30.7 Å². The fourth-order valence-electron chi connectivity index (χ4n) is 2.08. The zero-order valence-electron chi connectivity index (χ0n) is 15.7. The van der Waals surface area contributed by atoms with E-state index in [1.54, 1.807) is 6.07 Å². The van der Waals surface area contributed by atoms with Gasteiger partial charge in [-0.2, -0.15) is 0 Å². The van der Waals surface area contributed by atoms with E-state index >= 15 is 0 Å². The fourth-order valence-corrected chi connectivity index (χ4v) is 2.24. The molecule has 1 aromatic rings. The average molecular weight is 369 g/mol. The largest absolute Gasteiger partial charge is 0.493 e. The molecular formula is C18H29ClN4O2. The van der Waals surface area contributed by atoms with Crippen LogP contribution in [-0.2, 0) is 11.3 Å². The third-order valence-electron chi connectivity index (χ3n) is 3.01. The van der Waals surface area contributed by atoms with Crippen molar-refractivity contribution in [3.8, 4) is 5.75 Å². The second kappa shape index (κ2) is 10.1. The molecule has 0 spiro atoms. The first-order valence-electron chi connectivity index (χ1n) is 8.49. The van der Waals surface area contributed by atoms with Gasteiger partial charge in [0.15, 0.2) is 5.96 Å². The molecule has 6 nitrogen and oxygen atoms in total. The highest BCUT2D eigenvalue weighted by atomic mass is 35.5. The van der Waals surface area contributed by atoms with Crippen molar-refractivity contribution in [2.24, 2.45) is 4.99 Å². The second-order valence-corrected chi connectivity index (χ2v) is 6.97. The Kier molecular flexibility index (Phi) is 8.55. The van der Waals surface area contributed by atoms with Crippen LogP contribution in [0.4, 0.5) is 0 Å². The number of aliphatic imine (C=N–C) groups is 1. The summed E-state index contributed by atoms with van der Waals surface area (Å²) in [6, 6.07) is 5.49. The van der Waals surface area contributed by atoms with Gasteiger partial charge < -0.3 is 20.7 Å². The van der Waals surface area contributed by atoms with E-state index < -0.39 is 0 Å². The van der Waals surface area contributed by atoms with Crippen LogP contribution in [0.25, 0.3) is 0 Å². The minimum Gasteiger partial charge on any atom is -0.493 e. The topological polar surface area (TPSA) is 74.8 Å². The van der Waals surface area contributed by atoms with Crippen molar-refractivity contribution in [1.82, 2.24) is 16.0 Å². The molecule has 140 valence electrons. The minimum atomic E-state index is -0.260. The molecule has 1 amide bonds. The Balaban J connectivity index is 2.74. The van der Waals surface area contributed by atoms with Gasteiger partial charge in [0.05, 0.1) is 19.7 Å². The molecule has 0 fully saturated rings. The van der Waals surface area contributed by atoms with Crippen LogP contribution < -0.4 is 20.7 Å². The molecule has 25 heavy (non-hydrogen) atoms. The van der Waals surface area contributed by atoms with Gasteiger partial charge in [0.2, 0.25) is 5.91 Å². The Bertz CT molecular complexity index is 597. The number of amides is 1. The summed E-state index contributed by atoms with van der Waals surface area (Å²) in [5.74, 6) is 1.21. The first kappa shape index (κ1) is 21.1. The number of nitrogens with one attached hydrogen (secondary N) is 3. The number of guanidine groups is 1. The Morgan fingerprint density at radius 3 is 2.56 bits per heavy atom. The van der Waals surface area contributed by atoms with Gasteiger partial charge in [-0.1, -0.05) is 17.7 Å². The number of benzene rings is 1. The third kappa shape index (κ3) is 8.63. The van der Waals surface area contributed by atoms with Gasteiger partial charge >= 0.3 is 0 Å². The van der Waals surface area contributed by atoms with Gasteiger partial charge in [0.1, 0.15) is 5.75 Å². The SMILES string of the molecule is CCNC(=NCc1ccc(Cl)cc1OCC)NCC(=O)NC(C)(C)C. The highest BCUT2D eigenvalue weighted by molar-refractivity contribution is 6.30. The Morgan fingerprint density at radius 1 is 1.24 bits per heavy atom. The van der Waals surface area contributed by atoms with Crippen LogP contribution in [0, 0.1) is 0 Å². The molecule has 7 heteroatoms. The van der Waals surface area contributed by atoms with E-state index in [1.807, 2.05) is 46.8 Å². The maximum absolute atomic E-state index is 11.9. The van der Waals surface area contributed by atoms with Gasteiger partial charge in [-0.3, -0.25) is 4.79 Å². The summed E-state index contributed by atoms with van der Waals surface area (Å²) in [4.78, 5) is 16.4. The lowest BCUT2D eigenvalue weighted by atomic mass is 10.1. The molecule has 0 aromatic heterocycles. The van der Waals surface area contributed by atoms with Crippen LogP contribution in [-0.4, -0.2) is 37.1 Å². The third-order valence-corrected chi connectivity index (χ3v) is 3.25. The number of carbonyl (C=O) groups is 1. The number of carbonyl (C=O) groups excluding carboxylic acids is 1. The Morgan fingerprint density at radius 2 is 1.96 bits per heavy atom. The molecule has 0 bridgehead atoms. The lowest BCUT2D eigenvalue weighted by Crippen LogP contribution is -2.48. The molecule has 0 aliphatic rings. The molecule has 0 atom stereocenters. The molecule has 0 saturated heterocycles. The van der Waals surface area contributed by atoms with Crippen LogP contribution >= 0.6 is 11.6 Å². The van der Waals surface area contributed by atoms with Crippen LogP contribution in [0.3, 0.4) is 0 Å².